The molecular weight excluding hydrogens is 499 g/mol. The van der Waals surface area contributed by atoms with E-state index >= 15 is 0 Å². The first-order chi connectivity index (χ1) is 15.8. The molecule has 0 aliphatic rings. The van der Waals surface area contributed by atoms with Crippen molar-refractivity contribution < 1.29 is 13.2 Å². The van der Waals surface area contributed by atoms with Gasteiger partial charge in [-0.15, -0.1) is 0 Å². The second-order valence-corrected chi connectivity index (χ2v) is 11.1. The van der Waals surface area contributed by atoms with Gasteiger partial charge in [-0.05, 0) is 48.9 Å². The minimum atomic E-state index is -3.96. The molecule has 0 aromatic heterocycles. The van der Waals surface area contributed by atoms with Gasteiger partial charge >= 0.3 is 0 Å². The van der Waals surface area contributed by atoms with Gasteiger partial charge in [0, 0.05) is 28.1 Å². The van der Waals surface area contributed by atoms with Gasteiger partial charge in [0.05, 0.1) is 10.6 Å². The molecule has 0 heterocycles. The Morgan fingerprint density at radius 1 is 1.00 bits per heavy atom. The van der Waals surface area contributed by atoms with Crippen LogP contribution in [0.15, 0.2) is 77.7 Å². The van der Waals surface area contributed by atoms with Crippen LogP contribution in [0.1, 0.15) is 11.1 Å². The summed E-state index contributed by atoms with van der Waals surface area (Å²) in [6.45, 7) is 1.93. The van der Waals surface area contributed by atoms with Gasteiger partial charge in [0.25, 0.3) is 10.0 Å². The number of thioether (sulfide) groups is 1. The van der Waals surface area contributed by atoms with Crippen LogP contribution in [0.3, 0.4) is 0 Å². The molecule has 0 saturated carbocycles. The van der Waals surface area contributed by atoms with E-state index in [1.54, 1.807) is 42.1 Å². The monoisotopic (exact) mass is 522 g/mol. The van der Waals surface area contributed by atoms with Crippen LogP contribution in [0, 0.1) is 6.92 Å². The molecule has 1 amide bonds. The average Bonchev–Trinajstić information content (AvgIpc) is 2.78. The van der Waals surface area contributed by atoms with E-state index in [9.17, 15) is 13.2 Å². The Balaban J connectivity index is 1.65. The van der Waals surface area contributed by atoms with Gasteiger partial charge in [0.2, 0.25) is 5.91 Å². The van der Waals surface area contributed by atoms with Crippen molar-refractivity contribution in [3.05, 3.63) is 94.0 Å². The van der Waals surface area contributed by atoms with Gasteiger partial charge in [-0.2, -0.15) is 11.8 Å². The SMILES string of the molecule is Cc1ccc(S(=O)(=O)N(CC(=O)NCCSCc2ccccc2Cl)c2cccc(Cl)c2)cc1. The maximum atomic E-state index is 13.3. The summed E-state index contributed by atoms with van der Waals surface area (Å²) >= 11 is 13.9. The van der Waals surface area contributed by atoms with Crippen molar-refractivity contribution in [1.82, 2.24) is 5.32 Å². The van der Waals surface area contributed by atoms with Crippen LogP contribution in [-0.2, 0) is 20.6 Å². The first-order valence-corrected chi connectivity index (χ1v) is 13.6. The molecule has 0 bridgehead atoms. The summed E-state index contributed by atoms with van der Waals surface area (Å²) in [6.07, 6.45) is 0. The second kappa shape index (κ2) is 11.8. The summed E-state index contributed by atoms with van der Waals surface area (Å²) in [6, 6.07) is 20.6. The number of nitrogens with one attached hydrogen (secondary N) is 1. The molecule has 0 spiro atoms. The van der Waals surface area contributed by atoms with E-state index in [0.29, 0.717) is 28.0 Å². The second-order valence-electron chi connectivity index (χ2n) is 7.30. The maximum Gasteiger partial charge on any atom is 0.264 e. The first-order valence-electron chi connectivity index (χ1n) is 10.2. The molecule has 174 valence electrons. The number of amides is 1. The van der Waals surface area contributed by atoms with E-state index in [2.05, 4.69) is 5.32 Å². The van der Waals surface area contributed by atoms with E-state index in [1.807, 2.05) is 31.2 Å². The molecule has 3 aromatic rings. The predicted octanol–water partition coefficient (Wildman–Crippen LogP) is 5.55. The zero-order chi connectivity index (χ0) is 23.8. The van der Waals surface area contributed by atoms with Crippen LogP contribution in [0.2, 0.25) is 10.0 Å². The molecule has 0 atom stereocenters. The topological polar surface area (TPSA) is 66.5 Å². The Kier molecular flexibility index (Phi) is 9.09. The molecule has 1 N–H and O–H groups in total. The summed E-state index contributed by atoms with van der Waals surface area (Å²) < 4.78 is 27.8. The average molecular weight is 524 g/mol. The van der Waals surface area contributed by atoms with E-state index in [0.717, 1.165) is 21.2 Å². The zero-order valence-electron chi connectivity index (χ0n) is 18.0. The number of hydrogen-bond acceptors (Lipinski definition) is 4. The lowest BCUT2D eigenvalue weighted by molar-refractivity contribution is -0.119. The van der Waals surface area contributed by atoms with Crippen molar-refractivity contribution in [1.29, 1.82) is 0 Å². The smallest absolute Gasteiger partial charge is 0.264 e. The number of benzene rings is 3. The lowest BCUT2D eigenvalue weighted by atomic mass is 10.2. The Morgan fingerprint density at radius 3 is 2.42 bits per heavy atom. The molecule has 0 aliphatic heterocycles. The summed E-state index contributed by atoms with van der Waals surface area (Å²) in [5.74, 6) is 0.995. The van der Waals surface area contributed by atoms with Crippen LogP contribution in [-0.4, -0.2) is 33.2 Å². The van der Waals surface area contributed by atoms with E-state index in [1.165, 1.54) is 18.2 Å². The zero-order valence-corrected chi connectivity index (χ0v) is 21.1. The summed E-state index contributed by atoms with van der Waals surface area (Å²) in [4.78, 5) is 12.8. The Morgan fingerprint density at radius 2 is 1.73 bits per heavy atom. The molecule has 5 nitrogen and oxygen atoms in total. The molecule has 33 heavy (non-hydrogen) atoms. The Bertz CT molecular complexity index is 1200. The van der Waals surface area contributed by atoms with Crippen molar-refractivity contribution in [3.8, 4) is 0 Å². The summed E-state index contributed by atoms with van der Waals surface area (Å²) in [5, 5.41) is 3.90. The highest BCUT2D eigenvalue weighted by molar-refractivity contribution is 7.98. The van der Waals surface area contributed by atoms with E-state index < -0.39 is 15.9 Å². The van der Waals surface area contributed by atoms with Crippen LogP contribution < -0.4 is 9.62 Å². The van der Waals surface area contributed by atoms with Crippen molar-refractivity contribution in [3.63, 3.8) is 0 Å². The number of halogens is 2. The van der Waals surface area contributed by atoms with Crippen LogP contribution in [0.25, 0.3) is 0 Å². The summed E-state index contributed by atoms with van der Waals surface area (Å²) in [5.41, 5.74) is 2.30. The molecule has 0 unspecified atom stereocenters. The lowest BCUT2D eigenvalue weighted by Gasteiger charge is -2.24. The number of sulfonamides is 1. The maximum absolute atomic E-state index is 13.3. The Labute approximate surface area is 209 Å². The van der Waals surface area contributed by atoms with Gasteiger partial charge in [-0.1, -0.05) is 65.2 Å². The molecule has 3 rings (SSSR count). The molecule has 0 radical (unpaired) electrons. The van der Waals surface area contributed by atoms with Crippen LogP contribution in [0.5, 0.6) is 0 Å². The highest BCUT2D eigenvalue weighted by atomic mass is 35.5. The van der Waals surface area contributed by atoms with Crippen molar-refractivity contribution in [2.75, 3.05) is 23.1 Å². The van der Waals surface area contributed by atoms with E-state index in [-0.39, 0.29) is 11.4 Å². The third-order valence-corrected chi connectivity index (χ3v) is 8.18. The van der Waals surface area contributed by atoms with Crippen molar-refractivity contribution >= 4 is 56.6 Å². The first kappa shape index (κ1) is 25.4. The van der Waals surface area contributed by atoms with Gasteiger partial charge in [-0.3, -0.25) is 9.10 Å². The normalized spacial score (nSPS) is 11.2. The van der Waals surface area contributed by atoms with Crippen LogP contribution >= 0.6 is 35.0 Å². The number of carbonyl (C=O) groups is 1. The molecule has 0 fully saturated rings. The molecule has 9 heteroatoms. The standard InChI is InChI=1S/C24H24Cl2N2O3S2/c1-18-9-11-22(12-10-18)33(30,31)28(21-7-4-6-20(25)15-21)16-24(29)27-13-14-32-17-19-5-2-3-8-23(19)26/h2-12,15H,13-14,16-17H2,1H3,(H,27,29). The number of aryl methyl sites for hydroxylation is 1. The Hall–Kier alpha value is -2.19. The number of nitrogens with zero attached hydrogens (tertiary/aromatic N) is 1. The fraction of sp³-hybridized carbons (Fsp3) is 0.208. The van der Waals surface area contributed by atoms with Gasteiger partial charge in [-0.25, -0.2) is 8.42 Å². The van der Waals surface area contributed by atoms with Gasteiger partial charge in [0.1, 0.15) is 6.54 Å². The summed E-state index contributed by atoms with van der Waals surface area (Å²) in [7, 11) is -3.96. The minimum absolute atomic E-state index is 0.108. The highest BCUT2D eigenvalue weighted by Crippen LogP contribution is 2.26. The molecule has 3 aromatic carbocycles. The molecule has 0 aliphatic carbocycles. The number of rotatable bonds is 10. The molecule has 0 saturated heterocycles. The van der Waals surface area contributed by atoms with E-state index in [4.69, 9.17) is 23.2 Å². The van der Waals surface area contributed by atoms with Crippen LogP contribution in [0.4, 0.5) is 5.69 Å². The largest absolute Gasteiger partial charge is 0.354 e. The third-order valence-electron chi connectivity index (χ3n) is 4.78. The predicted molar refractivity (Wildman–Crippen MR) is 138 cm³/mol. The quantitative estimate of drug-likeness (QED) is 0.354. The van der Waals surface area contributed by atoms with Crippen molar-refractivity contribution in [2.24, 2.45) is 0 Å². The fourth-order valence-corrected chi connectivity index (χ4v) is 5.77. The number of carbonyl (C=O) groups excluding carboxylic acids is 1. The van der Waals surface area contributed by atoms with Gasteiger partial charge < -0.3 is 5.32 Å². The third kappa shape index (κ3) is 7.14. The van der Waals surface area contributed by atoms with Gasteiger partial charge in [0.15, 0.2) is 0 Å². The number of hydrogen-bond donors (Lipinski definition) is 1. The lowest BCUT2D eigenvalue weighted by Crippen LogP contribution is -2.41. The molecular formula is C24H24Cl2N2O3S2. The minimum Gasteiger partial charge on any atom is -0.354 e. The van der Waals surface area contributed by atoms with Crippen molar-refractivity contribution in [2.45, 2.75) is 17.6 Å². The highest BCUT2D eigenvalue weighted by Gasteiger charge is 2.27. The fourth-order valence-electron chi connectivity index (χ4n) is 3.03. The number of anilines is 1.